The largest absolute Gasteiger partial charge is 0.324 e. The van der Waals surface area contributed by atoms with Gasteiger partial charge in [-0.25, -0.2) is 4.39 Å². The van der Waals surface area contributed by atoms with Crippen molar-refractivity contribution >= 4 is 11.6 Å². The van der Waals surface area contributed by atoms with Gasteiger partial charge in [-0.05, 0) is 38.0 Å². The van der Waals surface area contributed by atoms with E-state index in [0.717, 1.165) is 22.5 Å². The maximum atomic E-state index is 13.4. The van der Waals surface area contributed by atoms with E-state index in [1.165, 1.54) is 6.07 Å². The number of hydrogen-bond acceptors (Lipinski definition) is 2. The Hall–Kier alpha value is -1.39. The molecule has 3 nitrogen and oxygen atoms in total. The van der Waals surface area contributed by atoms with Crippen LogP contribution in [0.15, 0.2) is 18.2 Å². The summed E-state index contributed by atoms with van der Waals surface area (Å²) in [6, 6.07) is 4.59. The molecule has 0 radical (unpaired) electrons. The normalized spacial score (nSPS) is 12.7. The fraction of sp³-hybridized carbons (Fsp3) is 0.357. The molecule has 0 bridgehead atoms. The van der Waals surface area contributed by atoms with Gasteiger partial charge in [-0.15, -0.1) is 0 Å². The number of rotatable bonds is 3. The van der Waals surface area contributed by atoms with Crippen LogP contribution in [-0.4, -0.2) is 9.78 Å². The summed E-state index contributed by atoms with van der Waals surface area (Å²) >= 11 is 5.67. The van der Waals surface area contributed by atoms with E-state index < -0.39 is 5.82 Å². The van der Waals surface area contributed by atoms with E-state index in [4.69, 9.17) is 17.3 Å². The molecule has 0 fully saturated rings. The van der Waals surface area contributed by atoms with Crippen LogP contribution in [-0.2, 0) is 13.5 Å². The highest BCUT2D eigenvalue weighted by Crippen LogP contribution is 2.24. The van der Waals surface area contributed by atoms with Gasteiger partial charge in [0.15, 0.2) is 0 Å². The number of aryl methyl sites for hydroxylation is 2. The quantitative estimate of drug-likeness (QED) is 0.940. The Morgan fingerprint density at radius 2 is 2.11 bits per heavy atom. The first-order valence-electron chi connectivity index (χ1n) is 6.09. The van der Waals surface area contributed by atoms with Crippen LogP contribution in [0.1, 0.15) is 28.6 Å². The van der Waals surface area contributed by atoms with Gasteiger partial charge in [-0.1, -0.05) is 17.7 Å². The molecule has 1 unspecified atom stereocenters. The lowest BCUT2D eigenvalue weighted by molar-refractivity contribution is 0.622. The second-order valence-electron chi connectivity index (χ2n) is 4.77. The minimum Gasteiger partial charge on any atom is -0.324 e. The lowest BCUT2D eigenvalue weighted by Gasteiger charge is -2.13. The average Bonchev–Trinajstić information content (AvgIpc) is 2.58. The first kappa shape index (κ1) is 14.0. The molecule has 19 heavy (non-hydrogen) atoms. The smallest absolute Gasteiger partial charge is 0.142 e. The first-order valence-corrected chi connectivity index (χ1v) is 6.47. The van der Waals surface area contributed by atoms with Gasteiger partial charge in [-0.2, -0.15) is 5.10 Å². The zero-order valence-electron chi connectivity index (χ0n) is 11.2. The van der Waals surface area contributed by atoms with Crippen molar-refractivity contribution < 1.29 is 4.39 Å². The van der Waals surface area contributed by atoms with Gasteiger partial charge in [0.2, 0.25) is 0 Å². The SMILES string of the molecule is Cc1nn(C)c(C)c1C(N)Cc1ccc(Cl)c(F)c1. The molecule has 2 N–H and O–H groups in total. The average molecular weight is 282 g/mol. The molecule has 0 amide bonds. The summed E-state index contributed by atoms with van der Waals surface area (Å²) in [5.74, 6) is -0.411. The number of aromatic nitrogens is 2. The summed E-state index contributed by atoms with van der Waals surface area (Å²) < 4.78 is 15.2. The Morgan fingerprint density at radius 1 is 1.42 bits per heavy atom. The fourth-order valence-electron chi connectivity index (χ4n) is 2.35. The predicted octanol–water partition coefficient (Wildman–Crippen LogP) is 3.07. The highest BCUT2D eigenvalue weighted by Gasteiger charge is 2.17. The molecule has 0 saturated carbocycles. The number of hydrogen-bond donors (Lipinski definition) is 1. The third-order valence-electron chi connectivity index (χ3n) is 3.38. The van der Waals surface area contributed by atoms with Crippen LogP contribution in [0.3, 0.4) is 0 Å². The topological polar surface area (TPSA) is 43.8 Å². The van der Waals surface area contributed by atoms with E-state index in [9.17, 15) is 4.39 Å². The molecule has 1 atom stereocenters. The summed E-state index contributed by atoms with van der Waals surface area (Å²) in [4.78, 5) is 0. The highest BCUT2D eigenvalue weighted by molar-refractivity contribution is 6.30. The Balaban J connectivity index is 2.25. The predicted molar refractivity (Wildman–Crippen MR) is 74.7 cm³/mol. The molecular weight excluding hydrogens is 265 g/mol. The van der Waals surface area contributed by atoms with E-state index in [1.54, 1.807) is 12.1 Å². The second-order valence-corrected chi connectivity index (χ2v) is 5.17. The molecule has 102 valence electrons. The van der Waals surface area contributed by atoms with E-state index in [-0.39, 0.29) is 11.1 Å². The molecule has 0 aliphatic heterocycles. The summed E-state index contributed by atoms with van der Waals surface area (Å²) in [6.45, 7) is 3.92. The van der Waals surface area contributed by atoms with Gasteiger partial charge in [0, 0.05) is 24.3 Å². The number of nitrogens with zero attached hydrogens (tertiary/aromatic N) is 2. The van der Waals surface area contributed by atoms with Crippen molar-refractivity contribution in [3.05, 3.63) is 51.6 Å². The van der Waals surface area contributed by atoms with Crippen LogP contribution < -0.4 is 5.73 Å². The van der Waals surface area contributed by atoms with E-state index in [1.807, 2.05) is 25.6 Å². The van der Waals surface area contributed by atoms with Crippen molar-refractivity contribution in [2.75, 3.05) is 0 Å². The lowest BCUT2D eigenvalue weighted by Crippen LogP contribution is -2.15. The Kier molecular flexibility index (Phi) is 3.92. The molecule has 0 saturated heterocycles. The van der Waals surface area contributed by atoms with Crippen molar-refractivity contribution in [1.29, 1.82) is 0 Å². The van der Waals surface area contributed by atoms with E-state index >= 15 is 0 Å². The molecule has 2 rings (SSSR count). The molecule has 1 aromatic heterocycles. The number of halogens is 2. The van der Waals surface area contributed by atoms with Crippen molar-refractivity contribution in [2.24, 2.45) is 12.8 Å². The number of benzene rings is 1. The maximum absolute atomic E-state index is 13.4. The van der Waals surface area contributed by atoms with Gasteiger partial charge < -0.3 is 5.73 Å². The minimum atomic E-state index is -0.411. The molecule has 5 heteroatoms. The molecule has 0 aliphatic rings. The number of nitrogens with two attached hydrogens (primary N) is 1. The van der Waals surface area contributed by atoms with Crippen molar-refractivity contribution in [3.8, 4) is 0 Å². The van der Waals surface area contributed by atoms with Gasteiger partial charge in [-0.3, -0.25) is 4.68 Å². The summed E-state index contributed by atoms with van der Waals surface area (Å²) in [6.07, 6.45) is 0.557. The Labute approximate surface area is 117 Å². The van der Waals surface area contributed by atoms with Gasteiger partial charge >= 0.3 is 0 Å². The van der Waals surface area contributed by atoms with Crippen LogP contribution in [0.5, 0.6) is 0 Å². The zero-order valence-corrected chi connectivity index (χ0v) is 12.0. The van der Waals surface area contributed by atoms with E-state index in [0.29, 0.717) is 6.42 Å². The van der Waals surface area contributed by atoms with Crippen molar-refractivity contribution in [1.82, 2.24) is 9.78 Å². The minimum absolute atomic E-state index is 0.131. The van der Waals surface area contributed by atoms with Crippen LogP contribution >= 0.6 is 11.6 Å². The maximum Gasteiger partial charge on any atom is 0.142 e. The standard InChI is InChI=1S/C14H17ClFN3/c1-8-14(9(2)19(3)18-8)13(17)7-10-4-5-11(15)12(16)6-10/h4-6,13H,7,17H2,1-3H3. The summed E-state index contributed by atoms with van der Waals surface area (Å²) in [5, 5.41) is 4.48. The third-order valence-corrected chi connectivity index (χ3v) is 3.68. The fourth-order valence-corrected chi connectivity index (χ4v) is 2.47. The van der Waals surface area contributed by atoms with Gasteiger partial charge in [0.05, 0.1) is 10.7 Å². The monoisotopic (exact) mass is 281 g/mol. The van der Waals surface area contributed by atoms with Crippen molar-refractivity contribution in [2.45, 2.75) is 26.3 Å². The van der Waals surface area contributed by atoms with Crippen molar-refractivity contribution in [3.63, 3.8) is 0 Å². The van der Waals surface area contributed by atoms with Crippen LogP contribution in [0.2, 0.25) is 5.02 Å². The van der Waals surface area contributed by atoms with Crippen LogP contribution in [0, 0.1) is 19.7 Å². The molecule has 1 aromatic carbocycles. The van der Waals surface area contributed by atoms with E-state index in [2.05, 4.69) is 5.10 Å². The second kappa shape index (κ2) is 5.31. The van der Waals surface area contributed by atoms with Gasteiger partial charge in [0.25, 0.3) is 0 Å². The molecular formula is C14H17ClFN3. The summed E-state index contributed by atoms with van der Waals surface area (Å²) in [5.41, 5.74) is 10.0. The van der Waals surface area contributed by atoms with Crippen LogP contribution in [0.4, 0.5) is 4.39 Å². The highest BCUT2D eigenvalue weighted by atomic mass is 35.5. The molecule has 0 aliphatic carbocycles. The van der Waals surface area contributed by atoms with Gasteiger partial charge in [0.1, 0.15) is 5.82 Å². The summed E-state index contributed by atoms with van der Waals surface area (Å²) in [7, 11) is 1.89. The van der Waals surface area contributed by atoms with Crippen LogP contribution in [0.25, 0.3) is 0 Å². The third kappa shape index (κ3) is 2.80. The molecule has 0 spiro atoms. The Bertz CT molecular complexity index is 607. The molecule has 2 aromatic rings. The zero-order chi connectivity index (χ0) is 14.2. The first-order chi connectivity index (χ1) is 8.90. The Morgan fingerprint density at radius 3 is 2.63 bits per heavy atom. The lowest BCUT2D eigenvalue weighted by atomic mass is 9.98. The molecule has 1 heterocycles.